The minimum atomic E-state index is 0.556. The number of fused-ring (bicyclic) bond motifs is 9. The molecule has 4 aromatic heterocycles. The largest absolute Gasteiger partial charge is 0.456 e. The number of para-hydroxylation sites is 3. The summed E-state index contributed by atoms with van der Waals surface area (Å²) >= 11 is 0. The normalized spacial score (nSPS) is 11.8. The van der Waals surface area contributed by atoms with E-state index in [4.69, 9.17) is 23.8 Å². The third-order valence-corrected chi connectivity index (χ3v) is 12.2. The van der Waals surface area contributed by atoms with Crippen molar-refractivity contribution in [1.82, 2.24) is 19.5 Å². The molecule has 0 unspecified atom stereocenters. The van der Waals surface area contributed by atoms with E-state index in [-0.39, 0.29) is 0 Å². The van der Waals surface area contributed by atoms with Crippen LogP contribution in [-0.4, -0.2) is 19.5 Å². The highest BCUT2D eigenvalue weighted by molar-refractivity contribution is 6.11. The molecule has 9 aromatic carbocycles. The van der Waals surface area contributed by atoms with Crippen molar-refractivity contribution < 1.29 is 8.83 Å². The number of nitrogens with zero attached hydrogens (tertiary/aromatic N) is 4. The molecule has 0 aliphatic heterocycles. The molecule has 0 aliphatic carbocycles. The predicted molar refractivity (Wildman–Crippen MR) is 256 cm³/mol. The molecule has 294 valence electrons. The summed E-state index contributed by atoms with van der Waals surface area (Å²) in [5, 5.41) is 6.50. The van der Waals surface area contributed by atoms with E-state index in [1.807, 2.05) is 54.6 Å². The smallest absolute Gasteiger partial charge is 0.164 e. The van der Waals surface area contributed by atoms with Crippen LogP contribution >= 0.6 is 0 Å². The van der Waals surface area contributed by atoms with E-state index in [0.717, 1.165) is 93.8 Å². The summed E-state index contributed by atoms with van der Waals surface area (Å²) in [4.78, 5) is 15.6. The lowest BCUT2D eigenvalue weighted by atomic mass is 9.99. The zero-order valence-electron chi connectivity index (χ0n) is 33.7. The van der Waals surface area contributed by atoms with Crippen LogP contribution in [0.2, 0.25) is 0 Å². The van der Waals surface area contributed by atoms with Gasteiger partial charge in [-0.15, -0.1) is 0 Å². The average molecular weight is 807 g/mol. The van der Waals surface area contributed by atoms with E-state index in [9.17, 15) is 0 Å². The number of benzene rings is 9. The van der Waals surface area contributed by atoms with Gasteiger partial charge in [0.25, 0.3) is 0 Å². The van der Waals surface area contributed by atoms with Gasteiger partial charge >= 0.3 is 0 Å². The van der Waals surface area contributed by atoms with Crippen molar-refractivity contribution in [2.45, 2.75) is 0 Å². The van der Waals surface area contributed by atoms with Crippen LogP contribution in [0.5, 0.6) is 0 Å². The van der Waals surface area contributed by atoms with E-state index in [0.29, 0.717) is 17.5 Å². The van der Waals surface area contributed by atoms with Gasteiger partial charge in [0.05, 0.1) is 11.0 Å². The second-order valence-corrected chi connectivity index (χ2v) is 16.0. The maximum absolute atomic E-state index is 6.34. The second kappa shape index (κ2) is 14.0. The summed E-state index contributed by atoms with van der Waals surface area (Å²) in [7, 11) is 0. The average Bonchev–Trinajstić information content (AvgIpc) is 4.03. The number of rotatable bonds is 6. The van der Waals surface area contributed by atoms with Crippen LogP contribution in [0.3, 0.4) is 0 Å². The molecule has 13 aromatic rings. The highest BCUT2D eigenvalue weighted by atomic mass is 16.3. The third kappa shape index (κ3) is 5.84. The van der Waals surface area contributed by atoms with E-state index >= 15 is 0 Å². The molecule has 0 saturated heterocycles. The molecule has 0 N–H and O–H groups in total. The molecule has 0 bridgehead atoms. The molecule has 6 heteroatoms. The fourth-order valence-corrected chi connectivity index (χ4v) is 9.21. The number of aromatic nitrogens is 4. The fourth-order valence-electron chi connectivity index (χ4n) is 9.21. The first-order valence-corrected chi connectivity index (χ1v) is 21.1. The van der Waals surface area contributed by atoms with Crippen molar-refractivity contribution in [3.8, 4) is 62.1 Å². The third-order valence-electron chi connectivity index (χ3n) is 12.2. The van der Waals surface area contributed by atoms with Gasteiger partial charge in [0.15, 0.2) is 17.5 Å². The van der Waals surface area contributed by atoms with Crippen LogP contribution in [0.1, 0.15) is 0 Å². The Kier molecular flexibility index (Phi) is 7.80. The molecule has 13 rings (SSSR count). The van der Waals surface area contributed by atoms with Crippen molar-refractivity contribution in [3.63, 3.8) is 0 Å². The first-order chi connectivity index (χ1) is 31.2. The molecule has 0 amide bonds. The maximum atomic E-state index is 6.34. The number of furan rings is 2. The minimum Gasteiger partial charge on any atom is -0.456 e. The van der Waals surface area contributed by atoms with Crippen molar-refractivity contribution >= 4 is 65.7 Å². The summed E-state index contributed by atoms with van der Waals surface area (Å²) in [5.41, 5.74) is 13.8. The van der Waals surface area contributed by atoms with Gasteiger partial charge in [0, 0.05) is 54.7 Å². The zero-order valence-corrected chi connectivity index (χ0v) is 33.7. The van der Waals surface area contributed by atoms with Gasteiger partial charge in [-0.1, -0.05) is 133 Å². The molecule has 4 heterocycles. The molecule has 0 fully saturated rings. The molecule has 0 atom stereocenters. The molecule has 0 saturated carbocycles. The van der Waals surface area contributed by atoms with Gasteiger partial charge in [-0.3, -0.25) is 0 Å². The summed E-state index contributed by atoms with van der Waals surface area (Å²) in [6.45, 7) is 0. The molecular formula is C57H34N4O2. The van der Waals surface area contributed by atoms with Crippen molar-refractivity contribution in [3.05, 3.63) is 206 Å². The quantitative estimate of drug-likeness (QED) is 0.167. The second-order valence-electron chi connectivity index (χ2n) is 16.0. The van der Waals surface area contributed by atoms with Crippen LogP contribution in [0.25, 0.3) is 128 Å². The van der Waals surface area contributed by atoms with Crippen LogP contribution in [0.15, 0.2) is 215 Å². The van der Waals surface area contributed by atoms with Crippen molar-refractivity contribution in [2.75, 3.05) is 0 Å². The monoisotopic (exact) mass is 806 g/mol. The molecule has 0 aliphatic rings. The maximum Gasteiger partial charge on any atom is 0.164 e. The van der Waals surface area contributed by atoms with Crippen molar-refractivity contribution in [2.24, 2.45) is 0 Å². The summed E-state index contributed by atoms with van der Waals surface area (Å²) in [6, 6.07) is 71.8. The molecular weight excluding hydrogens is 773 g/mol. The van der Waals surface area contributed by atoms with Gasteiger partial charge in [0.1, 0.15) is 22.3 Å². The highest BCUT2D eigenvalue weighted by Gasteiger charge is 2.19. The Labute approximate surface area is 361 Å². The van der Waals surface area contributed by atoms with Crippen LogP contribution in [0, 0.1) is 0 Å². The van der Waals surface area contributed by atoms with Gasteiger partial charge < -0.3 is 13.4 Å². The van der Waals surface area contributed by atoms with Gasteiger partial charge in [0.2, 0.25) is 0 Å². The Morgan fingerprint density at radius 1 is 0.270 bits per heavy atom. The summed E-state index contributed by atoms with van der Waals surface area (Å²) < 4.78 is 14.9. The first kappa shape index (κ1) is 35.2. The van der Waals surface area contributed by atoms with Crippen molar-refractivity contribution in [1.29, 1.82) is 0 Å². The standard InChI is InChI=1S/C57H34N4O2/c1-2-12-35(13-3-1)36-14-10-15-37(30-36)38-16-11-17-42(31-38)61-49-21-7-4-18-43(49)44-27-24-40(33-50(44)61)56-58-55(39-26-29-53-48(32-39)46-20-6-9-23-52(46)62-53)59-57(60-56)41-25-28-47-45-19-5-8-22-51(45)63-54(47)34-41/h1-34H. The van der Waals surface area contributed by atoms with E-state index in [1.54, 1.807) is 0 Å². The Balaban J connectivity index is 0.991. The van der Waals surface area contributed by atoms with E-state index < -0.39 is 0 Å². The van der Waals surface area contributed by atoms with Gasteiger partial charge in [-0.2, -0.15) is 0 Å². The van der Waals surface area contributed by atoms with E-state index in [1.165, 1.54) is 16.5 Å². The summed E-state index contributed by atoms with van der Waals surface area (Å²) in [6.07, 6.45) is 0. The highest BCUT2D eigenvalue weighted by Crippen LogP contribution is 2.38. The fraction of sp³-hybridized carbons (Fsp3) is 0. The molecule has 63 heavy (non-hydrogen) atoms. The first-order valence-electron chi connectivity index (χ1n) is 21.1. The Bertz CT molecular complexity index is 3930. The van der Waals surface area contributed by atoms with Gasteiger partial charge in [-0.05, 0) is 95.1 Å². The number of hydrogen-bond donors (Lipinski definition) is 0. The van der Waals surface area contributed by atoms with Crippen LogP contribution in [-0.2, 0) is 0 Å². The molecule has 6 nitrogen and oxygen atoms in total. The Hall–Kier alpha value is -8.61. The number of hydrogen-bond acceptors (Lipinski definition) is 5. The Morgan fingerprint density at radius 2 is 0.762 bits per heavy atom. The lowest BCUT2D eigenvalue weighted by Gasteiger charge is -2.12. The van der Waals surface area contributed by atoms with Crippen LogP contribution < -0.4 is 0 Å². The molecule has 0 radical (unpaired) electrons. The zero-order chi connectivity index (χ0) is 41.4. The molecule has 0 spiro atoms. The summed E-state index contributed by atoms with van der Waals surface area (Å²) in [5.74, 6) is 1.69. The van der Waals surface area contributed by atoms with E-state index in [2.05, 4.69) is 156 Å². The topological polar surface area (TPSA) is 69.9 Å². The predicted octanol–water partition coefficient (Wildman–Crippen LogP) is 15.1. The lowest BCUT2D eigenvalue weighted by Crippen LogP contribution is -2.00. The minimum absolute atomic E-state index is 0.556. The lowest BCUT2D eigenvalue weighted by molar-refractivity contribution is 0.668. The Morgan fingerprint density at radius 3 is 1.52 bits per heavy atom. The SMILES string of the molecule is c1ccc(-c2cccc(-c3cccc(-n4c5ccccc5c5ccc(-c6nc(-c7ccc8c(c7)oc7ccccc78)nc(-c7ccc8oc9ccccc9c8c7)n6)cc54)c3)c2)cc1. The van der Waals surface area contributed by atoms with Crippen LogP contribution in [0.4, 0.5) is 0 Å². The van der Waals surface area contributed by atoms with Gasteiger partial charge in [-0.25, -0.2) is 15.0 Å².